The van der Waals surface area contributed by atoms with E-state index in [9.17, 15) is 0 Å². The Morgan fingerprint density at radius 2 is 0.386 bits per heavy atom. The Morgan fingerprint density at radius 1 is 0.157 bits per heavy atom. The zero-order valence-corrected chi connectivity index (χ0v) is 70.1. The number of para-hydroxylation sites is 6. The van der Waals surface area contributed by atoms with Gasteiger partial charge in [0.1, 0.15) is 0 Å². The van der Waals surface area contributed by atoms with Gasteiger partial charge in [0.25, 0.3) is 0 Å². The molecule has 127 heavy (non-hydrogen) atoms. The van der Waals surface area contributed by atoms with Crippen LogP contribution in [0.2, 0.25) is 0 Å². The molecule has 6 nitrogen and oxygen atoms in total. The molecule has 0 unspecified atom stereocenters. The van der Waals surface area contributed by atoms with E-state index in [1.54, 1.807) is 0 Å². The number of pyridine rings is 2. The van der Waals surface area contributed by atoms with Gasteiger partial charge in [-0.2, -0.15) is 0 Å². The van der Waals surface area contributed by atoms with Gasteiger partial charge >= 0.3 is 0 Å². The fraction of sp³-hybridized carbons (Fsp3) is 0.0248. The number of fused-ring (bicyclic) bond motifs is 15. The lowest BCUT2D eigenvalue weighted by atomic mass is 9.81. The summed E-state index contributed by atoms with van der Waals surface area (Å²) in [4.78, 5) is 10.4. The van der Waals surface area contributed by atoms with Crippen LogP contribution in [0, 0.1) is 0 Å². The highest BCUT2D eigenvalue weighted by atomic mass is 15.0. The molecule has 0 N–H and O–H groups in total. The quantitative estimate of drug-likeness (QED) is 0.115. The van der Waals surface area contributed by atoms with E-state index in [0.29, 0.717) is 0 Å². The van der Waals surface area contributed by atoms with Crippen molar-refractivity contribution < 1.29 is 0 Å². The first kappa shape index (κ1) is 74.3. The Bertz CT molecular complexity index is 8350. The van der Waals surface area contributed by atoms with Crippen molar-refractivity contribution in [3.63, 3.8) is 0 Å². The summed E-state index contributed by atoms with van der Waals surface area (Å²) in [5, 5.41) is 10.00. The van der Waals surface area contributed by atoms with Gasteiger partial charge in [-0.1, -0.05) is 323 Å². The van der Waals surface area contributed by atoms with E-state index in [-0.39, 0.29) is 5.41 Å². The minimum atomic E-state index is -0.220. The number of aromatic nitrogens is 6. The lowest BCUT2D eigenvalue weighted by Gasteiger charge is -2.23. The monoisotopic (exact) mass is 1620 g/mol. The highest BCUT2D eigenvalue weighted by Crippen LogP contribution is 2.52. The smallest absolute Gasteiger partial charge is 0.0715 e. The number of hydrogen-bond donors (Lipinski definition) is 0. The number of hydrogen-bond acceptors (Lipinski definition) is 2. The van der Waals surface area contributed by atoms with Crippen LogP contribution in [0.25, 0.3) is 222 Å². The van der Waals surface area contributed by atoms with E-state index >= 15 is 0 Å². The molecule has 0 aliphatic heterocycles. The molecule has 0 bridgehead atoms. The highest BCUT2D eigenvalue weighted by Gasteiger charge is 2.37. The van der Waals surface area contributed by atoms with Crippen molar-refractivity contribution in [2.45, 2.75) is 19.3 Å². The van der Waals surface area contributed by atoms with Crippen LogP contribution in [-0.2, 0) is 5.41 Å². The molecule has 0 atom stereocenters. The molecule has 1 aliphatic rings. The summed E-state index contributed by atoms with van der Waals surface area (Å²) >= 11 is 0. The molecule has 596 valence electrons. The maximum absolute atomic E-state index is 5.19. The van der Waals surface area contributed by atoms with E-state index in [4.69, 9.17) is 9.97 Å². The van der Waals surface area contributed by atoms with Crippen LogP contribution < -0.4 is 0 Å². The van der Waals surface area contributed by atoms with Gasteiger partial charge in [-0.25, -0.2) is 9.97 Å². The third-order valence-electron chi connectivity index (χ3n) is 26.2. The van der Waals surface area contributed by atoms with Crippen LogP contribution in [0.15, 0.2) is 461 Å². The Morgan fingerprint density at radius 3 is 0.764 bits per heavy atom. The second kappa shape index (κ2) is 30.5. The van der Waals surface area contributed by atoms with Crippen molar-refractivity contribution in [1.82, 2.24) is 28.2 Å². The molecule has 1 aliphatic carbocycles. The standard InChI is InChI=1S/C62H43N3.C59H39N3/c1-62(2)54-36-44(45-37-56(40-16-6-3-7-17-40)63-57(38-45)41-18-8-4-9-19-41)26-30-48(54)49-31-29-47(39-55(49)62)65-59-25-15-13-23-51(59)53-35-43(28-33-61(53)65)42-27-32-60-52(34-42)50-22-12-14-24-58(50)64(60)46-20-10-5-11-21-46;1-4-14-40(15-5-1)41-24-26-44(27-25-41)55-39-47(38-54(60-55)43-16-6-2-7-17-43)42-28-32-49(33-29-42)62-57-23-13-11-21-51(57)53-37-46(31-35-59(53)62)45-30-34-58-52(36-45)50-20-10-12-22-56(50)61(58)48-18-8-3-9-19-48/h3-39H,1-2H3;1-39H. The minimum Gasteiger partial charge on any atom is -0.309 e. The molecular formula is C121H82N6. The second-order valence-corrected chi connectivity index (χ2v) is 34.0. The van der Waals surface area contributed by atoms with Crippen LogP contribution in [-0.4, -0.2) is 28.2 Å². The van der Waals surface area contributed by atoms with Gasteiger partial charge < -0.3 is 18.3 Å². The molecular weight excluding hydrogens is 1540 g/mol. The molecule has 18 aromatic carbocycles. The van der Waals surface area contributed by atoms with Crippen molar-refractivity contribution in [3.8, 4) is 135 Å². The molecule has 6 heteroatoms. The topological polar surface area (TPSA) is 45.5 Å². The summed E-state index contributed by atoms with van der Waals surface area (Å²) < 4.78 is 9.61. The molecule has 24 aromatic rings. The summed E-state index contributed by atoms with van der Waals surface area (Å²) in [7, 11) is 0. The van der Waals surface area contributed by atoms with E-state index in [2.05, 4.69) is 493 Å². The average Bonchev–Trinajstić information content (AvgIpc) is 1.57. The molecule has 6 heterocycles. The minimum absolute atomic E-state index is 0.220. The van der Waals surface area contributed by atoms with Crippen molar-refractivity contribution in [2.75, 3.05) is 0 Å². The number of benzene rings is 18. The third-order valence-corrected chi connectivity index (χ3v) is 26.2. The first-order chi connectivity index (χ1) is 62.7. The number of nitrogens with zero attached hydrogens (tertiary/aromatic N) is 6. The normalized spacial score (nSPS) is 12.2. The maximum Gasteiger partial charge on any atom is 0.0715 e. The highest BCUT2D eigenvalue weighted by molar-refractivity contribution is 6.15. The van der Waals surface area contributed by atoms with Gasteiger partial charge in [-0.15, -0.1) is 0 Å². The lowest BCUT2D eigenvalue weighted by molar-refractivity contribution is 0.660. The van der Waals surface area contributed by atoms with Crippen molar-refractivity contribution in [3.05, 3.63) is 472 Å². The summed E-state index contributed by atoms with van der Waals surface area (Å²) in [5.74, 6) is 0. The Labute approximate surface area is 736 Å². The van der Waals surface area contributed by atoms with Crippen molar-refractivity contribution in [1.29, 1.82) is 0 Å². The van der Waals surface area contributed by atoms with E-state index in [1.165, 1.54) is 165 Å². The van der Waals surface area contributed by atoms with Gasteiger partial charge in [0.15, 0.2) is 0 Å². The Balaban J connectivity index is 0.000000142. The lowest BCUT2D eigenvalue weighted by Crippen LogP contribution is -2.15. The summed E-state index contributed by atoms with van der Waals surface area (Å²) in [6.07, 6.45) is 0. The van der Waals surface area contributed by atoms with Crippen LogP contribution in [0.4, 0.5) is 0 Å². The Kier molecular flexibility index (Phi) is 17.8. The van der Waals surface area contributed by atoms with E-state index in [0.717, 1.165) is 67.4 Å². The molecule has 6 aromatic heterocycles. The summed E-state index contributed by atoms with van der Waals surface area (Å²) in [6.45, 7) is 4.77. The largest absolute Gasteiger partial charge is 0.309 e. The fourth-order valence-electron chi connectivity index (χ4n) is 20.0. The zero-order chi connectivity index (χ0) is 84.2. The summed E-state index contributed by atoms with van der Waals surface area (Å²) in [5.41, 5.74) is 39.4. The average molecular weight is 1620 g/mol. The van der Waals surface area contributed by atoms with E-state index in [1.807, 2.05) is 0 Å². The first-order valence-corrected chi connectivity index (χ1v) is 43.7. The van der Waals surface area contributed by atoms with Crippen LogP contribution >= 0.6 is 0 Å². The number of rotatable bonds is 13. The first-order valence-electron chi connectivity index (χ1n) is 43.7. The second-order valence-electron chi connectivity index (χ2n) is 34.0. The van der Waals surface area contributed by atoms with Gasteiger partial charge in [-0.05, 0) is 230 Å². The summed E-state index contributed by atoms with van der Waals surface area (Å²) in [6, 6.07) is 167. The van der Waals surface area contributed by atoms with Gasteiger partial charge in [-0.3, -0.25) is 0 Å². The van der Waals surface area contributed by atoms with Crippen LogP contribution in [0.3, 0.4) is 0 Å². The molecule has 0 radical (unpaired) electrons. The molecule has 0 saturated heterocycles. The fourth-order valence-corrected chi connectivity index (χ4v) is 20.0. The third kappa shape index (κ3) is 12.9. The van der Waals surface area contributed by atoms with Gasteiger partial charge in [0.05, 0.1) is 66.9 Å². The van der Waals surface area contributed by atoms with Gasteiger partial charge in [0.2, 0.25) is 0 Å². The van der Waals surface area contributed by atoms with Crippen LogP contribution in [0.5, 0.6) is 0 Å². The Hall–Kier alpha value is -16.5. The predicted molar refractivity (Wildman–Crippen MR) is 532 cm³/mol. The molecule has 0 spiro atoms. The zero-order valence-electron chi connectivity index (χ0n) is 70.1. The van der Waals surface area contributed by atoms with Crippen molar-refractivity contribution in [2.24, 2.45) is 0 Å². The van der Waals surface area contributed by atoms with E-state index < -0.39 is 0 Å². The van der Waals surface area contributed by atoms with Gasteiger partial charge in [0, 0.05) is 93.5 Å². The maximum atomic E-state index is 5.19. The van der Waals surface area contributed by atoms with Crippen LogP contribution in [0.1, 0.15) is 25.0 Å². The van der Waals surface area contributed by atoms with Crippen molar-refractivity contribution >= 4 is 87.2 Å². The molecule has 0 saturated carbocycles. The SMILES string of the molecule is CC1(C)c2cc(-c3cc(-c4ccccc4)nc(-c4ccccc4)c3)ccc2-c2ccc(-n3c4ccccc4c4cc(-c5ccc6c(c5)c5ccccc5n6-c5ccccc5)ccc43)cc21.c1ccc(-c2ccc(-c3cc(-c4ccc(-n5c6ccccc6c6cc(-c7ccc8c(c7)c7ccccc7n8-c7ccccc7)ccc65)cc4)cc(-c4ccccc4)n3)cc2)cc1. The predicted octanol–water partition coefficient (Wildman–Crippen LogP) is 31.9. The molecule has 25 rings (SSSR count). The molecule has 0 amide bonds. The molecule has 0 fully saturated rings.